The van der Waals surface area contributed by atoms with E-state index in [9.17, 15) is 5.11 Å². The van der Waals surface area contributed by atoms with Crippen LogP contribution < -0.4 is 5.32 Å². The van der Waals surface area contributed by atoms with E-state index in [-0.39, 0.29) is 0 Å². The van der Waals surface area contributed by atoms with Gasteiger partial charge in [0, 0.05) is 39.3 Å². The third kappa shape index (κ3) is 6.40. The number of hydrogen-bond donors (Lipinski definition) is 2. The molecule has 0 aliphatic carbocycles. The fraction of sp³-hybridized carbons (Fsp3) is 1.00. The first-order valence-corrected chi connectivity index (χ1v) is 6.09. The number of aliphatic hydroxyl groups is 1. The molecule has 1 fully saturated rings. The lowest BCUT2D eigenvalue weighted by Gasteiger charge is -2.26. The molecule has 1 heterocycles. The first-order chi connectivity index (χ1) is 7.83. The Bertz CT molecular complexity index is 163. The van der Waals surface area contributed by atoms with Crippen LogP contribution in [0.25, 0.3) is 0 Å². The number of ether oxygens (including phenoxy) is 2. The van der Waals surface area contributed by atoms with E-state index < -0.39 is 6.10 Å². The minimum atomic E-state index is -0.398. The molecule has 96 valence electrons. The zero-order valence-electron chi connectivity index (χ0n) is 10.2. The molecule has 0 aromatic carbocycles. The molecular weight excluding hydrogens is 208 g/mol. The van der Waals surface area contributed by atoms with Crippen LogP contribution in [0.2, 0.25) is 0 Å². The number of nitrogens with zero attached hydrogens (tertiary/aromatic N) is 1. The van der Waals surface area contributed by atoms with Gasteiger partial charge in [-0.3, -0.25) is 4.90 Å². The zero-order valence-corrected chi connectivity index (χ0v) is 10.2. The van der Waals surface area contributed by atoms with Crippen molar-refractivity contribution in [1.29, 1.82) is 0 Å². The SMILES string of the molecule is CCOCC(O)CNCCN1CCOCC1. The van der Waals surface area contributed by atoms with Gasteiger partial charge in [0.2, 0.25) is 0 Å². The Labute approximate surface area is 97.7 Å². The Balaban J connectivity index is 1.90. The number of aliphatic hydroxyl groups excluding tert-OH is 1. The van der Waals surface area contributed by atoms with Crippen molar-refractivity contribution < 1.29 is 14.6 Å². The molecule has 1 rings (SSSR count). The van der Waals surface area contributed by atoms with Gasteiger partial charge in [0.1, 0.15) is 0 Å². The highest BCUT2D eigenvalue weighted by atomic mass is 16.5. The van der Waals surface area contributed by atoms with Gasteiger partial charge >= 0.3 is 0 Å². The standard InChI is InChI=1S/C11H24N2O3/c1-2-15-10-11(14)9-12-3-4-13-5-7-16-8-6-13/h11-12,14H,2-10H2,1H3. The quantitative estimate of drug-likeness (QED) is 0.542. The smallest absolute Gasteiger partial charge is 0.0897 e. The van der Waals surface area contributed by atoms with Gasteiger partial charge in [0.15, 0.2) is 0 Å². The Morgan fingerprint density at radius 1 is 1.44 bits per heavy atom. The van der Waals surface area contributed by atoms with Crippen molar-refractivity contribution in [3.63, 3.8) is 0 Å². The van der Waals surface area contributed by atoms with E-state index in [4.69, 9.17) is 9.47 Å². The summed E-state index contributed by atoms with van der Waals surface area (Å²) >= 11 is 0. The van der Waals surface area contributed by atoms with Crippen LogP contribution in [-0.2, 0) is 9.47 Å². The molecule has 0 aromatic heterocycles. The first-order valence-electron chi connectivity index (χ1n) is 6.09. The van der Waals surface area contributed by atoms with E-state index >= 15 is 0 Å². The van der Waals surface area contributed by atoms with Crippen LogP contribution in [0.3, 0.4) is 0 Å². The molecule has 0 aromatic rings. The van der Waals surface area contributed by atoms with E-state index in [0.29, 0.717) is 19.8 Å². The molecule has 0 amide bonds. The van der Waals surface area contributed by atoms with Gasteiger partial charge < -0.3 is 19.9 Å². The monoisotopic (exact) mass is 232 g/mol. The molecule has 1 unspecified atom stereocenters. The first kappa shape index (κ1) is 13.9. The van der Waals surface area contributed by atoms with Crippen molar-refractivity contribution in [3.05, 3.63) is 0 Å². The Kier molecular flexibility index (Phi) is 7.71. The van der Waals surface area contributed by atoms with Crippen LogP contribution in [0.5, 0.6) is 0 Å². The van der Waals surface area contributed by atoms with Gasteiger partial charge in [-0.2, -0.15) is 0 Å². The topological polar surface area (TPSA) is 54.0 Å². The van der Waals surface area contributed by atoms with Gasteiger partial charge in [0.25, 0.3) is 0 Å². The highest BCUT2D eigenvalue weighted by Crippen LogP contribution is 1.94. The van der Waals surface area contributed by atoms with Crippen molar-refractivity contribution in [1.82, 2.24) is 10.2 Å². The lowest BCUT2D eigenvalue weighted by Crippen LogP contribution is -2.41. The van der Waals surface area contributed by atoms with Crippen molar-refractivity contribution >= 4 is 0 Å². The number of morpholine rings is 1. The fourth-order valence-corrected chi connectivity index (χ4v) is 1.64. The van der Waals surface area contributed by atoms with E-state index in [2.05, 4.69) is 10.2 Å². The normalized spacial score (nSPS) is 19.9. The predicted molar refractivity (Wildman–Crippen MR) is 62.6 cm³/mol. The lowest BCUT2D eigenvalue weighted by molar-refractivity contribution is 0.0337. The van der Waals surface area contributed by atoms with Gasteiger partial charge in [-0.15, -0.1) is 0 Å². The Morgan fingerprint density at radius 3 is 2.88 bits per heavy atom. The third-order valence-electron chi connectivity index (χ3n) is 2.60. The average molecular weight is 232 g/mol. The lowest BCUT2D eigenvalue weighted by atomic mass is 10.3. The van der Waals surface area contributed by atoms with Gasteiger partial charge in [-0.1, -0.05) is 0 Å². The summed E-state index contributed by atoms with van der Waals surface area (Å²) in [5.41, 5.74) is 0. The maximum atomic E-state index is 9.50. The minimum absolute atomic E-state index is 0.398. The second kappa shape index (κ2) is 8.90. The number of nitrogens with one attached hydrogen (secondary N) is 1. The van der Waals surface area contributed by atoms with E-state index in [1.165, 1.54) is 0 Å². The van der Waals surface area contributed by atoms with E-state index in [1.54, 1.807) is 0 Å². The molecule has 5 nitrogen and oxygen atoms in total. The molecule has 2 N–H and O–H groups in total. The van der Waals surface area contributed by atoms with Crippen molar-refractivity contribution in [3.8, 4) is 0 Å². The fourth-order valence-electron chi connectivity index (χ4n) is 1.64. The molecule has 0 saturated carbocycles. The molecule has 1 aliphatic heterocycles. The maximum absolute atomic E-state index is 9.50. The largest absolute Gasteiger partial charge is 0.389 e. The van der Waals surface area contributed by atoms with E-state index in [1.807, 2.05) is 6.92 Å². The third-order valence-corrected chi connectivity index (χ3v) is 2.60. The molecule has 1 saturated heterocycles. The van der Waals surface area contributed by atoms with Crippen molar-refractivity contribution in [2.24, 2.45) is 0 Å². The number of hydrogen-bond acceptors (Lipinski definition) is 5. The van der Waals surface area contributed by atoms with Crippen molar-refractivity contribution in [2.45, 2.75) is 13.0 Å². The molecule has 1 aliphatic rings. The summed E-state index contributed by atoms with van der Waals surface area (Å²) in [6.45, 7) is 9.25. The van der Waals surface area contributed by atoms with E-state index in [0.717, 1.165) is 39.4 Å². The van der Waals surface area contributed by atoms with Gasteiger partial charge in [-0.25, -0.2) is 0 Å². The molecule has 5 heteroatoms. The molecule has 1 atom stereocenters. The van der Waals surface area contributed by atoms with Gasteiger partial charge in [-0.05, 0) is 6.92 Å². The van der Waals surface area contributed by atoms with Crippen LogP contribution in [0.1, 0.15) is 6.92 Å². The van der Waals surface area contributed by atoms with Crippen LogP contribution in [0.4, 0.5) is 0 Å². The zero-order chi connectivity index (χ0) is 11.6. The second-order valence-corrected chi connectivity index (χ2v) is 3.97. The summed E-state index contributed by atoms with van der Waals surface area (Å²) in [7, 11) is 0. The second-order valence-electron chi connectivity index (χ2n) is 3.97. The number of rotatable bonds is 8. The summed E-state index contributed by atoms with van der Waals surface area (Å²) < 4.78 is 10.4. The average Bonchev–Trinajstić information content (AvgIpc) is 2.33. The Hall–Kier alpha value is -0.200. The summed E-state index contributed by atoms with van der Waals surface area (Å²) in [6.07, 6.45) is -0.398. The van der Waals surface area contributed by atoms with Crippen LogP contribution in [-0.4, -0.2) is 75.3 Å². The molecule has 0 spiro atoms. The molecular formula is C11H24N2O3. The minimum Gasteiger partial charge on any atom is -0.389 e. The van der Waals surface area contributed by atoms with Crippen molar-refractivity contribution in [2.75, 3.05) is 59.2 Å². The molecule has 16 heavy (non-hydrogen) atoms. The summed E-state index contributed by atoms with van der Waals surface area (Å²) in [6, 6.07) is 0. The van der Waals surface area contributed by atoms with Gasteiger partial charge in [0.05, 0.1) is 25.9 Å². The summed E-state index contributed by atoms with van der Waals surface area (Å²) in [5.74, 6) is 0. The summed E-state index contributed by atoms with van der Waals surface area (Å²) in [4.78, 5) is 2.37. The van der Waals surface area contributed by atoms with Crippen LogP contribution >= 0.6 is 0 Å². The predicted octanol–water partition coefficient (Wildman–Crippen LogP) is -0.694. The molecule has 0 radical (unpaired) electrons. The summed E-state index contributed by atoms with van der Waals surface area (Å²) in [5, 5.41) is 12.7. The Morgan fingerprint density at radius 2 is 2.19 bits per heavy atom. The highest BCUT2D eigenvalue weighted by Gasteiger charge is 2.09. The van der Waals surface area contributed by atoms with Crippen LogP contribution in [0, 0.1) is 0 Å². The maximum Gasteiger partial charge on any atom is 0.0897 e. The van der Waals surface area contributed by atoms with Crippen LogP contribution in [0.15, 0.2) is 0 Å². The highest BCUT2D eigenvalue weighted by molar-refractivity contribution is 4.64. The molecule has 0 bridgehead atoms.